The highest BCUT2D eigenvalue weighted by Gasteiger charge is 2.35. The van der Waals surface area contributed by atoms with Crippen molar-refractivity contribution in [3.8, 4) is 5.75 Å². The summed E-state index contributed by atoms with van der Waals surface area (Å²) in [6.07, 6.45) is 0. The van der Waals surface area contributed by atoms with E-state index >= 15 is 0 Å². The van der Waals surface area contributed by atoms with Crippen molar-refractivity contribution in [2.75, 3.05) is 19.5 Å². The van der Waals surface area contributed by atoms with Gasteiger partial charge in [0.1, 0.15) is 5.75 Å². The topological polar surface area (TPSA) is 67.8 Å². The molecule has 21 heavy (non-hydrogen) atoms. The van der Waals surface area contributed by atoms with Crippen LogP contribution in [0.2, 0.25) is 0 Å². The van der Waals surface area contributed by atoms with E-state index < -0.39 is 13.4 Å². The van der Waals surface area contributed by atoms with Crippen molar-refractivity contribution in [1.29, 1.82) is 0 Å². The van der Waals surface area contributed by atoms with Gasteiger partial charge in [-0.3, -0.25) is 4.57 Å². The Morgan fingerprint density at radius 2 is 1.71 bits per heavy atom. The molecule has 0 aliphatic heterocycles. The number of para-hydroxylation sites is 1. The van der Waals surface area contributed by atoms with Crippen LogP contribution < -0.4 is 5.32 Å². The number of phenols is 1. The summed E-state index contributed by atoms with van der Waals surface area (Å²) in [5, 5.41) is 12.8. The monoisotopic (exact) mass is 307 g/mol. The normalized spacial score (nSPS) is 12.9. The van der Waals surface area contributed by atoms with Crippen LogP contribution in [0.15, 0.2) is 54.6 Å². The summed E-state index contributed by atoms with van der Waals surface area (Å²) < 4.78 is 23.0. The average molecular weight is 307 g/mol. The maximum atomic E-state index is 12.8. The minimum atomic E-state index is -3.42. The van der Waals surface area contributed by atoms with Crippen LogP contribution in [0.4, 0.5) is 5.69 Å². The van der Waals surface area contributed by atoms with Gasteiger partial charge in [-0.05, 0) is 29.8 Å². The highest BCUT2D eigenvalue weighted by molar-refractivity contribution is 7.54. The van der Waals surface area contributed by atoms with Crippen LogP contribution in [0.3, 0.4) is 0 Å². The number of phenolic OH excluding ortho intramolecular Hbond substituents is 1. The van der Waals surface area contributed by atoms with Gasteiger partial charge >= 0.3 is 7.60 Å². The van der Waals surface area contributed by atoms with Crippen molar-refractivity contribution in [2.24, 2.45) is 0 Å². The zero-order chi connectivity index (χ0) is 15.3. The molecule has 2 rings (SSSR count). The lowest BCUT2D eigenvalue weighted by atomic mass is 10.2. The molecule has 0 amide bonds. The Kier molecular flexibility index (Phi) is 5.02. The van der Waals surface area contributed by atoms with Crippen molar-refractivity contribution >= 4 is 13.3 Å². The van der Waals surface area contributed by atoms with E-state index in [4.69, 9.17) is 9.05 Å². The number of rotatable bonds is 6. The summed E-state index contributed by atoms with van der Waals surface area (Å²) in [6.45, 7) is 0. The van der Waals surface area contributed by atoms with E-state index in [2.05, 4.69) is 5.32 Å². The first kappa shape index (κ1) is 15.6. The van der Waals surface area contributed by atoms with Crippen LogP contribution in [0.25, 0.3) is 0 Å². The molecule has 2 aromatic rings. The quantitative estimate of drug-likeness (QED) is 0.790. The molecule has 0 bridgehead atoms. The molecular formula is C15H18NO4P. The number of nitrogens with one attached hydrogen (secondary N) is 1. The van der Waals surface area contributed by atoms with Crippen LogP contribution in [-0.4, -0.2) is 19.3 Å². The molecule has 6 heteroatoms. The van der Waals surface area contributed by atoms with Gasteiger partial charge < -0.3 is 19.5 Å². The Labute approximate surface area is 124 Å². The van der Waals surface area contributed by atoms with E-state index in [1.807, 2.05) is 30.3 Å². The number of hydrogen-bond donors (Lipinski definition) is 2. The summed E-state index contributed by atoms with van der Waals surface area (Å²) in [4.78, 5) is 0. The minimum Gasteiger partial charge on any atom is -0.508 e. The SMILES string of the molecule is COP(=O)(OC)C(Nc1ccccc1)c1cccc(O)c1. The molecule has 0 radical (unpaired) electrons. The molecule has 1 unspecified atom stereocenters. The van der Waals surface area contributed by atoms with Gasteiger partial charge in [-0.15, -0.1) is 0 Å². The first-order chi connectivity index (χ1) is 10.1. The standard InChI is InChI=1S/C15H18NO4P/c1-19-21(18,20-2)15(12-7-6-10-14(17)11-12)16-13-8-4-3-5-9-13/h3-11,15-17H,1-2H3. The van der Waals surface area contributed by atoms with Crippen LogP contribution in [0, 0.1) is 0 Å². The molecule has 0 aliphatic carbocycles. The van der Waals surface area contributed by atoms with E-state index in [0.717, 1.165) is 5.69 Å². The third-order valence-electron chi connectivity index (χ3n) is 3.09. The van der Waals surface area contributed by atoms with E-state index in [0.29, 0.717) is 5.56 Å². The Balaban J connectivity index is 2.42. The Bertz CT molecular complexity index is 625. The molecule has 0 aromatic heterocycles. The third-order valence-corrected chi connectivity index (χ3v) is 5.17. The molecular weight excluding hydrogens is 289 g/mol. The minimum absolute atomic E-state index is 0.0890. The third kappa shape index (κ3) is 3.64. The highest BCUT2D eigenvalue weighted by atomic mass is 31.2. The molecule has 0 heterocycles. The van der Waals surface area contributed by atoms with Crippen molar-refractivity contribution in [3.63, 3.8) is 0 Å². The Hall–Kier alpha value is -1.81. The average Bonchev–Trinajstić information content (AvgIpc) is 2.53. The molecule has 2 aromatic carbocycles. The van der Waals surface area contributed by atoms with Crippen molar-refractivity contribution in [2.45, 2.75) is 5.78 Å². The first-order valence-corrected chi connectivity index (χ1v) is 8.02. The highest BCUT2D eigenvalue weighted by Crippen LogP contribution is 2.59. The Morgan fingerprint density at radius 1 is 1.05 bits per heavy atom. The predicted octanol–water partition coefficient (Wildman–Crippen LogP) is 3.99. The zero-order valence-corrected chi connectivity index (χ0v) is 12.8. The molecule has 0 aliphatic rings. The number of aromatic hydroxyl groups is 1. The van der Waals surface area contributed by atoms with Crippen LogP contribution in [0.1, 0.15) is 11.3 Å². The second kappa shape index (κ2) is 6.76. The van der Waals surface area contributed by atoms with Crippen LogP contribution >= 0.6 is 7.60 Å². The fourth-order valence-corrected chi connectivity index (χ4v) is 3.42. The molecule has 0 saturated carbocycles. The first-order valence-electron chi connectivity index (χ1n) is 6.41. The summed E-state index contributed by atoms with van der Waals surface area (Å²) in [7, 11) is -0.741. The molecule has 0 saturated heterocycles. The second-order valence-corrected chi connectivity index (χ2v) is 6.74. The second-order valence-electron chi connectivity index (χ2n) is 4.41. The van der Waals surface area contributed by atoms with Gasteiger partial charge in [-0.1, -0.05) is 30.3 Å². The van der Waals surface area contributed by atoms with Crippen LogP contribution in [-0.2, 0) is 13.6 Å². The molecule has 1 atom stereocenters. The maximum absolute atomic E-state index is 12.8. The summed E-state index contributed by atoms with van der Waals surface area (Å²) >= 11 is 0. The van der Waals surface area contributed by atoms with Crippen molar-refractivity contribution < 1.29 is 18.7 Å². The maximum Gasteiger partial charge on any atom is 0.356 e. The molecule has 0 spiro atoms. The lowest BCUT2D eigenvalue weighted by Crippen LogP contribution is -2.13. The van der Waals surface area contributed by atoms with Crippen molar-refractivity contribution in [3.05, 3.63) is 60.2 Å². The fraction of sp³-hybridized carbons (Fsp3) is 0.200. The van der Waals surface area contributed by atoms with Gasteiger partial charge in [0.2, 0.25) is 0 Å². The summed E-state index contributed by atoms with van der Waals surface area (Å²) in [6, 6.07) is 15.8. The van der Waals surface area contributed by atoms with Gasteiger partial charge in [-0.25, -0.2) is 0 Å². The molecule has 112 valence electrons. The summed E-state index contributed by atoms with van der Waals surface area (Å²) in [5.41, 5.74) is 1.39. The van der Waals surface area contributed by atoms with E-state index in [9.17, 15) is 9.67 Å². The van der Waals surface area contributed by atoms with Gasteiger partial charge in [0, 0.05) is 19.9 Å². The van der Waals surface area contributed by atoms with E-state index in [-0.39, 0.29) is 5.75 Å². The van der Waals surface area contributed by atoms with Crippen LogP contribution in [0.5, 0.6) is 5.75 Å². The van der Waals surface area contributed by atoms with Crippen molar-refractivity contribution in [1.82, 2.24) is 0 Å². The smallest absolute Gasteiger partial charge is 0.356 e. The largest absolute Gasteiger partial charge is 0.508 e. The van der Waals surface area contributed by atoms with Gasteiger partial charge in [0.15, 0.2) is 5.78 Å². The zero-order valence-electron chi connectivity index (χ0n) is 11.9. The van der Waals surface area contributed by atoms with Gasteiger partial charge in [0.25, 0.3) is 0 Å². The van der Waals surface area contributed by atoms with E-state index in [1.54, 1.807) is 18.2 Å². The number of benzene rings is 2. The fourth-order valence-electron chi connectivity index (χ4n) is 2.02. The number of hydrogen-bond acceptors (Lipinski definition) is 5. The van der Waals surface area contributed by atoms with E-state index in [1.165, 1.54) is 20.3 Å². The van der Waals surface area contributed by atoms with Gasteiger partial charge in [0.05, 0.1) is 0 Å². The summed E-state index contributed by atoms with van der Waals surface area (Å²) in [5.74, 6) is -0.631. The molecule has 5 nitrogen and oxygen atoms in total. The lowest BCUT2D eigenvalue weighted by molar-refractivity contribution is 0.268. The molecule has 0 fully saturated rings. The Morgan fingerprint density at radius 3 is 2.29 bits per heavy atom. The lowest BCUT2D eigenvalue weighted by Gasteiger charge is -2.26. The predicted molar refractivity (Wildman–Crippen MR) is 82.5 cm³/mol. The van der Waals surface area contributed by atoms with Gasteiger partial charge in [-0.2, -0.15) is 0 Å². The molecule has 2 N–H and O–H groups in total. The number of anilines is 1.